The van der Waals surface area contributed by atoms with Crippen LogP contribution in [0, 0.1) is 0 Å². The molecule has 0 bridgehead atoms. The summed E-state index contributed by atoms with van der Waals surface area (Å²) in [5, 5.41) is 3.21. The largest absolute Gasteiger partial charge is 0.345 e. The normalized spacial score (nSPS) is 21.8. The van der Waals surface area contributed by atoms with E-state index in [1.165, 1.54) is 5.56 Å². The topological polar surface area (TPSA) is 61.6 Å². The molecule has 1 saturated carbocycles. The van der Waals surface area contributed by atoms with Crippen molar-refractivity contribution >= 4 is 5.91 Å². The Kier molecular flexibility index (Phi) is 5.54. The van der Waals surface area contributed by atoms with Gasteiger partial charge in [0.25, 0.3) is 5.91 Å². The number of hydrogen-bond acceptors (Lipinski definition) is 4. The molecule has 0 spiro atoms. The van der Waals surface area contributed by atoms with Gasteiger partial charge in [-0.25, -0.2) is 0 Å². The third-order valence-electron chi connectivity index (χ3n) is 5.52. The van der Waals surface area contributed by atoms with Crippen molar-refractivity contribution in [2.24, 2.45) is 5.73 Å². The quantitative estimate of drug-likeness (QED) is 0.857. The molecule has 1 aromatic carbocycles. The van der Waals surface area contributed by atoms with E-state index >= 15 is 0 Å². The number of nitrogens with zero attached hydrogens (tertiary/aromatic N) is 2. The van der Waals surface area contributed by atoms with E-state index in [1.807, 2.05) is 18.2 Å². The second kappa shape index (κ2) is 7.64. The Balaban J connectivity index is 1.63. The molecule has 3 N–H and O–H groups in total. The van der Waals surface area contributed by atoms with Gasteiger partial charge in [-0.05, 0) is 37.6 Å². The van der Waals surface area contributed by atoms with Crippen molar-refractivity contribution in [1.29, 1.82) is 0 Å². The van der Waals surface area contributed by atoms with Crippen LogP contribution in [0.15, 0.2) is 24.3 Å². The van der Waals surface area contributed by atoms with Gasteiger partial charge in [0.2, 0.25) is 0 Å². The molecule has 5 heteroatoms. The molecule has 2 fully saturated rings. The van der Waals surface area contributed by atoms with Crippen LogP contribution in [0.1, 0.15) is 41.6 Å². The van der Waals surface area contributed by atoms with E-state index in [-0.39, 0.29) is 11.4 Å². The number of likely N-dealkylation sites (N-methyl/N-ethyl adjacent to an activating group) is 1. The molecule has 1 amide bonds. The number of nitrogens with one attached hydrogen (secondary N) is 1. The van der Waals surface area contributed by atoms with Crippen LogP contribution in [0.3, 0.4) is 0 Å². The number of amides is 1. The molecule has 5 nitrogen and oxygen atoms in total. The first-order chi connectivity index (χ1) is 11.6. The highest BCUT2D eigenvalue weighted by atomic mass is 16.1. The SMILES string of the molecule is CN1CCN(Cc2cccc(C(=O)NC3(CN)CCCC3)c2)CC1. The number of carbonyl (C=O) groups is 1. The average molecular weight is 330 g/mol. The zero-order chi connectivity index (χ0) is 17.0. The molecule has 0 unspecified atom stereocenters. The maximum atomic E-state index is 12.7. The number of piperazine rings is 1. The first-order valence-electron chi connectivity index (χ1n) is 9.13. The smallest absolute Gasteiger partial charge is 0.251 e. The van der Waals surface area contributed by atoms with Crippen LogP contribution >= 0.6 is 0 Å². The van der Waals surface area contributed by atoms with E-state index in [9.17, 15) is 4.79 Å². The lowest BCUT2D eigenvalue weighted by Gasteiger charge is -2.32. The Morgan fingerprint density at radius 3 is 2.58 bits per heavy atom. The van der Waals surface area contributed by atoms with Crippen molar-refractivity contribution in [3.05, 3.63) is 35.4 Å². The van der Waals surface area contributed by atoms with Gasteiger partial charge in [-0.3, -0.25) is 9.69 Å². The van der Waals surface area contributed by atoms with Crippen LogP contribution in [0.4, 0.5) is 0 Å². The zero-order valence-corrected chi connectivity index (χ0v) is 14.8. The number of benzene rings is 1. The molecular weight excluding hydrogens is 300 g/mol. The summed E-state index contributed by atoms with van der Waals surface area (Å²) in [6.07, 6.45) is 4.30. The minimum atomic E-state index is -0.190. The molecule has 1 aliphatic heterocycles. The van der Waals surface area contributed by atoms with Gasteiger partial charge >= 0.3 is 0 Å². The third kappa shape index (κ3) is 4.15. The van der Waals surface area contributed by atoms with Crippen LogP contribution in [0.5, 0.6) is 0 Å². The Morgan fingerprint density at radius 1 is 1.21 bits per heavy atom. The van der Waals surface area contributed by atoms with Crippen LogP contribution in [-0.2, 0) is 6.54 Å². The summed E-state index contributed by atoms with van der Waals surface area (Å²) < 4.78 is 0. The highest BCUT2D eigenvalue weighted by Crippen LogP contribution is 2.29. The monoisotopic (exact) mass is 330 g/mol. The molecule has 1 saturated heterocycles. The highest BCUT2D eigenvalue weighted by molar-refractivity contribution is 5.94. The molecule has 2 aliphatic rings. The van der Waals surface area contributed by atoms with E-state index in [0.29, 0.717) is 6.54 Å². The van der Waals surface area contributed by atoms with E-state index in [4.69, 9.17) is 5.73 Å². The van der Waals surface area contributed by atoms with Crippen molar-refractivity contribution in [3.63, 3.8) is 0 Å². The maximum absolute atomic E-state index is 12.7. The fourth-order valence-corrected chi connectivity index (χ4v) is 3.82. The minimum Gasteiger partial charge on any atom is -0.345 e. The van der Waals surface area contributed by atoms with Gasteiger partial charge in [-0.2, -0.15) is 0 Å². The maximum Gasteiger partial charge on any atom is 0.251 e. The first-order valence-corrected chi connectivity index (χ1v) is 9.13. The summed E-state index contributed by atoms with van der Waals surface area (Å²) in [5.74, 6) is 0.0163. The Hall–Kier alpha value is -1.43. The molecule has 0 atom stereocenters. The number of carbonyl (C=O) groups excluding carboxylic acids is 1. The van der Waals surface area contributed by atoms with E-state index in [1.54, 1.807) is 0 Å². The zero-order valence-electron chi connectivity index (χ0n) is 14.8. The van der Waals surface area contributed by atoms with E-state index in [2.05, 4.69) is 28.2 Å². The number of hydrogen-bond donors (Lipinski definition) is 2. The lowest BCUT2D eigenvalue weighted by Crippen LogP contribution is -2.51. The van der Waals surface area contributed by atoms with E-state index < -0.39 is 0 Å². The standard InChI is InChI=1S/C19H30N4O/c1-22-9-11-23(12-10-22)14-16-5-4-6-17(13-16)18(24)21-19(15-20)7-2-3-8-19/h4-6,13H,2-3,7-12,14-15,20H2,1H3,(H,21,24). The molecule has 132 valence electrons. The lowest BCUT2D eigenvalue weighted by molar-refractivity contribution is 0.0903. The Morgan fingerprint density at radius 2 is 1.92 bits per heavy atom. The predicted molar refractivity (Wildman–Crippen MR) is 96.9 cm³/mol. The fraction of sp³-hybridized carbons (Fsp3) is 0.632. The second-order valence-corrected chi connectivity index (χ2v) is 7.43. The average Bonchev–Trinajstić information content (AvgIpc) is 3.06. The van der Waals surface area contributed by atoms with Crippen molar-refractivity contribution in [2.45, 2.75) is 37.8 Å². The van der Waals surface area contributed by atoms with Gasteiger partial charge in [0.05, 0.1) is 5.54 Å². The van der Waals surface area contributed by atoms with Gasteiger partial charge in [0.1, 0.15) is 0 Å². The summed E-state index contributed by atoms with van der Waals surface area (Å²) in [6, 6.07) is 8.04. The summed E-state index contributed by atoms with van der Waals surface area (Å²) >= 11 is 0. The Bertz CT molecular complexity index is 560. The summed E-state index contributed by atoms with van der Waals surface area (Å²) in [6.45, 7) is 5.83. The van der Waals surface area contributed by atoms with Gasteiger partial charge in [-0.1, -0.05) is 25.0 Å². The van der Waals surface area contributed by atoms with Crippen LogP contribution in [-0.4, -0.2) is 61.0 Å². The van der Waals surface area contributed by atoms with Gasteiger partial charge in [0.15, 0.2) is 0 Å². The van der Waals surface area contributed by atoms with E-state index in [0.717, 1.165) is 64.0 Å². The van der Waals surface area contributed by atoms with Crippen molar-refractivity contribution < 1.29 is 4.79 Å². The third-order valence-corrected chi connectivity index (χ3v) is 5.52. The molecule has 1 aromatic rings. The van der Waals surface area contributed by atoms with Crippen molar-refractivity contribution in [2.75, 3.05) is 39.8 Å². The number of nitrogens with two attached hydrogens (primary N) is 1. The summed E-state index contributed by atoms with van der Waals surface area (Å²) in [5.41, 5.74) is 7.70. The van der Waals surface area contributed by atoms with Crippen LogP contribution in [0.2, 0.25) is 0 Å². The summed E-state index contributed by atoms with van der Waals surface area (Å²) in [4.78, 5) is 17.5. The molecule has 0 radical (unpaired) electrons. The van der Waals surface area contributed by atoms with Gasteiger partial charge < -0.3 is 16.0 Å². The van der Waals surface area contributed by atoms with Gasteiger partial charge in [0, 0.05) is 44.8 Å². The fourth-order valence-electron chi connectivity index (χ4n) is 3.82. The molecule has 24 heavy (non-hydrogen) atoms. The van der Waals surface area contributed by atoms with Crippen molar-refractivity contribution in [1.82, 2.24) is 15.1 Å². The molecule has 1 heterocycles. The van der Waals surface area contributed by atoms with Crippen LogP contribution in [0.25, 0.3) is 0 Å². The Labute approximate surface area is 145 Å². The lowest BCUT2D eigenvalue weighted by atomic mass is 9.97. The van der Waals surface area contributed by atoms with Crippen molar-refractivity contribution in [3.8, 4) is 0 Å². The number of rotatable bonds is 5. The molecule has 1 aliphatic carbocycles. The second-order valence-electron chi connectivity index (χ2n) is 7.43. The first kappa shape index (κ1) is 17.4. The van der Waals surface area contributed by atoms with Gasteiger partial charge in [-0.15, -0.1) is 0 Å². The molecule has 3 rings (SSSR count). The molecule has 0 aromatic heterocycles. The predicted octanol–water partition coefficient (Wildman–Crippen LogP) is 1.44. The highest BCUT2D eigenvalue weighted by Gasteiger charge is 2.34. The molecular formula is C19H30N4O. The summed E-state index contributed by atoms with van der Waals surface area (Å²) in [7, 11) is 2.17. The minimum absolute atomic E-state index is 0.0163. The van der Waals surface area contributed by atoms with Crippen LogP contribution < -0.4 is 11.1 Å².